The summed E-state index contributed by atoms with van der Waals surface area (Å²) in [4.78, 5) is 12.2. The van der Waals surface area contributed by atoms with Crippen LogP contribution in [0.2, 0.25) is 18.1 Å². The average molecular weight is 1110 g/mol. The summed E-state index contributed by atoms with van der Waals surface area (Å²) in [5.41, 5.74) is 0.750. The molecule has 0 N–H and O–H groups in total. The molecule has 2 bridgehead atoms. The van der Waals surface area contributed by atoms with E-state index in [9.17, 15) is 4.79 Å². The molecule has 15 atom stereocenters. The number of hydrogen-bond donors (Lipinski definition) is 0. The van der Waals surface area contributed by atoms with Crippen LogP contribution in [0.4, 0.5) is 0 Å². The van der Waals surface area contributed by atoms with E-state index in [1.807, 2.05) is 38.7 Å². The zero-order valence-corrected chi connectivity index (χ0v) is 48.8. The minimum Gasteiger partial charge on any atom is -0.460 e. The SMILES string of the molecule is COCO[C@H]1C[C@H]([C@H]2OC(C)(C)O[C@H]2/C=C/CC/C=C/C[C@H]2C=C[C@H](O[Si](C)(C)C(C)(C)C)[C@H](/C(C)=C/[C@H](C)CCCCC(=O)OC(C)(C)C)O2)O[C@H](C/C=C/[C@@H]2O[C@@H]3C[C@@H](O[C@H]3/C=C/I)[C@H]2C)[C@@H]1C. The molecule has 70 heavy (non-hydrogen) atoms. The number of esters is 1. The highest BCUT2D eigenvalue weighted by Gasteiger charge is 2.50. The third-order valence-corrected chi connectivity index (χ3v) is 19.8. The molecule has 5 aliphatic rings. The van der Waals surface area contributed by atoms with Crippen molar-refractivity contribution in [2.24, 2.45) is 17.8 Å². The third-order valence-electron chi connectivity index (χ3n) is 14.9. The number of allylic oxidation sites excluding steroid dienone is 3. The summed E-state index contributed by atoms with van der Waals surface area (Å²) in [5.74, 6) is -0.104. The predicted octanol–water partition coefficient (Wildman–Crippen LogP) is 13.2. The zero-order valence-electron chi connectivity index (χ0n) is 45.7. The van der Waals surface area contributed by atoms with Crippen LogP contribution in [0, 0.1) is 17.8 Å². The quantitative estimate of drug-likeness (QED) is 0.0244. The van der Waals surface area contributed by atoms with E-state index in [1.165, 1.54) is 5.57 Å². The first kappa shape index (κ1) is 59.4. The molecule has 13 heteroatoms. The Morgan fingerprint density at radius 3 is 2.24 bits per heavy atom. The van der Waals surface area contributed by atoms with Crippen LogP contribution in [-0.4, -0.2) is 113 Å². The van der Waals surface area contributed by atoms with E-state index < -0.39 is 19.7 Å². The van der Waals surface area contributed by atoms with Gasteiger partial charge in [0, 0.05) is 38.2 Å². The Hall–Kier alpha value is -1.50. The summed E-state index contributed by atoms with van der Waals surface area (Å²) in [7, 11) is -0.408. The Labute approximate surface area is 438 Å². The van der Waals surface area contributed by atoms with E-state index in [4.69, 9.17) is 47.1 Å². The smallest absolute Gasteiger partial charge is 0.306 e. The van der Waals surface area contributed by atoms with E-state index in [-0.39, 0.29) is 103 Å². The van der Waals surface area contributed by atoms with Crippen molar-refractivity contribution in [3.63, 3.8) is 0 Å². The van der Waals surface area contributed by atoms with Crippen LogP contribution in [-0.2, 0) is 51.9 Å². The van der Waals surface area contributed by atoms with Gasteiger partial charge in [0.15, 0.2) is 14.1 Å². The summed E-state index contributed by atoms with van der Waals surface area (Å²) >= 11 is 2.25. The molecule has 0 aliphatic carbocycles. The monoisotopic (exact) mass is 1110 g/mol. The molecule has 11 nitrogen and oxygen atoms in total. The number of carbonyl (C=O) groups excluding carboxylic acids is 1. The fourth-order valence-corrected chi connectivity index (χ4v) is 11.7. The molecule has 0 aromatic rings. The van der Waals surface area contributed by atoms with Gasteiger partial charge in [-0.25, -0.2) is 0 Å². The summed E-state index contributed by atoms with van der Waals surface area (Å²) in [6, 6.07) is 0. The molecule has 4 fully saturated rings. The molecule has 398 valence electrons. The minimum atomic E-state index is -2.07. The Morgan fingerprint density at radius 1 is 0.829 bits per heavy atom. The van der Waals surface area contributed by atoms with Gasteiger partial charge in [-0.15, -0.1) is 0 Å². The minimum absolute atomic E-state index is 0.00112. The normalized spacial score (nSPS) is 34.7. The van der Waals surface area contributed by atoms with Crippen LogP contribution in [0.3, 0.4) is 0 Å². The number of carbonyl (C=O) groups is 1. The number of ether oxygens (including phenoxy) is 9. The van der Waals surface area contributed by atoms with Crippen molar-refractivity contribution in [1.29, 1.82) is 0 Å². The second kappa shape index (κ2) is 26.8. The van der Waals surface area contributed by atoms with E-state index in [1.54, 1.807) is 7.11 Å². The molecule has 0 unspecified atom stereocenters. The van der Waals surface area contributed by atoms with E-state index in [2.05, 4.69) is 145 Å². The van der Waals surface area contributed by atoms with Crippen LogP contribution >= 0.6 is 22.6 Å². The van der Waals surface area contributed by atoms with Gasteiger partial charge in [0.05, 0.1) is 48.8 Å². The number of fused-ring (bicyclic) bond motifs is 2. The zero-order chi connectivity index (χ0) is 51.4. The van der Waals surface area contributed by atoms with Gasteiger partial charge in [-0.1, -0.05) is 125 Å². The van der Waals surface area contributed by atoms with Crippen molar-refractivity contribution < 1.29 is 51.9 Å². The maximum Gasteiger partial charge on any atom is 0.306 e. The van der Waals surface area contributed by atoms with Gasteiger partial charge in [0.2, 0.25) is 0 Å². The average Bonchev–Trinajstić information content (AvgIpc) is 3.78. The molecule has 0 aromatic carbocycles. The lowest BCUT2D eigenvalue weighted by molar-refractivity contribution is -0.210. The van der Waals surface area contributed by atoms with Crippen molar-refractivity contribution in [3.05, 3.63) is 70.4 Å². The Bertz CT molecular complexity index is 1810. The Balaban J connectivity index is 1.16. The third kappa shape index (κ3) is 17.8. The van der Waals surface area contributed by atoms with Gasteiger partial charge in [-0.05, 0) is 120 Å². The van der Waals surface area contributed by atoms with Gasteiger partial charge in [-0.2, -0.15) is 0 Å². The molecule has 5 aliphatic heterocycles. The fourth-order valence-electron chi connectivity index (χ4n) is 10.0. The second-order valence-electron chi connectivity index (χ2n) is 23.6. The van der Waals surface area contributed by atoms with E-state index in [0.717, 1.165) is 51.4 Å². The maximum atomic E-state index is 12.2. The molecule has 4 saturated heterocycles. The predicted molar refractivity (Wildman–Crippen MR) is 290 cm³/mol. The van der Waals surface area contributed by atoms with Crippen molar-refractivity contribution in [1.82, 2.24) is 0 Å². The van der Waals surface area contributed by atoms with E-state index >= 15 is 0 Å². The molecule has 0 saturated carbocycles. The molecule has 0 radical (unpaired) electrons. The van der Waals surface area contributed by atoms with Gasteiger partial charge < -0.3 is 47.1 Å². The fraction of sp³-hybridized carbons (Fsp3) is 0.772. The second-order valence-corrected chi connectivity index (χ2v) is 29.1. The lowest BCUT2D eigenvalue weighted by atomic mass is 9.85. The molecule has 5 heterocycles. The van der Waals surface area contributed by atoms with Gasteiger partial charge >= 0.3 is 5.97 Å². The number of hydrogen-bond acceptors (Lipinski definition) is 11. The first-order valence-corrected chi connectivity index (χ1v) is 30.6. The maximum absolute atomic E-state index is 12.2. The molecule has 5 rings (SSSR count). The van der Waals surface area contributed by atoms with Gasteiger partial charge in [0.25, 0.3) is 0 Å². The van der Waals surface area contributed by atoms with Crippen molar-refractivity contribution in [3.8, 4) is 0 Å². The van der Waals surface area contributed by atoms with E-state index in [0.29, 0.717) is 18.8 Å². The van der Waals surface area contributed by atoms with Gasteiger partial charge in [-0.3, -0.25) is 4.79 Å². The van der Waals surface area contributed by atoms with Crippen LogP contribution < -0.4 is 0 Å². The Kier molecular flexibility index (Phi) is 22.7. The highest BCUT2D eigenvalue weighted by atomic mass is 127. The molecule has 0 spiro atoms. The standard InChI is InChI=1S/C57H93IO11Si/c1-38(24-21-22-29-52(59)67-55(5,6)7)34-39(2)53-47(69-70(14,15)56(8,9)10)31-30-42(62-53)25-19-17-16-18-20-26-46-54(68-57(11,12)66-46)51-35-48(61-37-60-13)40(3)43(64-51)27-23-28-44-41(4)49-36-50(63-44)45(65-49)32-33-58/h17,19-20,23,26,28,30-34,38,40-51,53-54H,16,18,21-22,24-25,27,29,35-37H2,1-15H3/b19-17+,26-20+,28-23+,33-32+,39-34+/t38-,40+,41+,42+,43-,44+,45+,46+,47+,48+,49-,50-,51-,53+,54+/m1/s1. The summed E-state index contributed by atoms with van der Waals surface area (Å²) < 4.78 is 65.9. The van der Waals surface area contributed by atoms with Crippen molar-refractivity contribution >= 4 is 36.9 Å². The molecule has 0 aromatic heterocycles. The molecule has 0 amide bonds. The first-order chi connectivity index (χ1) is 32.9. The molecular formula is C57H93IO11Si. The highest BCUT2D eigenvalue weighted by Crippen LogP contribution is 2.42. The van der Waals surface area contributed by atoms with Crippen LogP contribution in [0.1, 0.15) is 147 Å². The van der Waals surface area contributed by atoms with Crippen molar-refractivity contribution in [2.75, 3.05) is 13.9 Å². The lowest BCUT2D eigenvalue weighted by Crippen LogP contribution is -2.50. The lowest BCUT2D eigenvalue weighted by Gasteiger charge is -2.42. The van der Waals surface area contributed by atoms with Crippen molar-refractivity contribution in [2.45, 2.75) is 250 Å². The number of unbranched alkanes of at least 4 members (excludes halogenated alkanes) is 2. The number of halogens is 1. The molecular weight excluding hydrogens is 1020 g/mol. The highest BCUT2D eigenvalue weighted by molar-refractivity contribution is 14.1. The van der Waals surface area contributed by atoms with Crippen LogP contribution in [0.25, 0.3) is 0 Å². The number of methoxy groups -OCH3 is 1. The Morgan fingerprint density at radius 2 is 1.54 bits per heavy atom. The van der Waals surface area contributed by atoms with Crippen LogP contribution in [0.5, 0.6) is 0 Å². The van der Waals surface area contributed by atoms with Crippen LogP contribution in [0.15, 0.2) is 70.4 Å². The number of rotatable bonds is 23. The topological polar surface area (TPSA) is 109 Å². The van der Waals surface area contributed by atoms with Gasteiger partial charge in [0.1, 0.15) is 36.8 Å². The summed E-state index contributed by atoms with van der Waals surface area (Å²) in [6.45, 7) is 30.3. The summed E-state index contributed by atoms with van der Waals surface area (Å²) in [6.07, 6.45) is 29.4. The largest absolute Gasteiger partial charge is 0.460 e. The summed E-state index contributed by atoms with van der Waals surface area (Å²) in [5, 5.41) is 0.0783. The first-order valence-electron chi connectivity index (χ1n) is 26.5.